The van der Waals surface area contributed by atoms with Gasteiger partial charge in [0.2, 0.25) is 0 Å². The molecule has 128 valence electrons. The largest absolute Gasteiger partial charge is 0.416 e. The van der Waals surface area contributed by atoms with E-state index in [1.165, 1.54) is 12.1 Å². The summed E-state index contributed by atoms with van der Waals surface area (Å²) < 4.78 is 38.3. The number of carbonyl (C=O) groups excluding carboxylic acids is 1. The topological polar surface area (TPSA) is 32.3 Å². The second-order valence-corrected chi connectivity index (χ2v) is 5.72. The smallest absolute Gasteiger partial charge is 0.318 e. The van der Waals surface area contributed by atoms with Gasteiger partial charge in [0.15, 0.2) is 0 Å². The normalized spacial score (nSPS) is 11.4. The van der Waals surface area contributed by atoms with Gasteiger partial charge in [-0.15, -0.1) is 0 Å². The molecule has 0 fully saturated rings. The minimum absolute atomic E-state index is 0.101. The van der Waals surface area contributed by atoms with Crippen LogP contribution in [0.3, 0.4) is 0 Å². The molecule has 2 amide bonds. The number of hydrogen-bond acceptors (Lipinski definition) is 1. The number of nitrogens with zero attached hydrogens (tertiary/aromatic N) is 1. The number of rotatable bonds is 4. The van der Waals surface area contributed by atoms with Gasteiger partial charge in [0.1, 0.15) is 0 Å². The molecule has 0 heterocycles. The SMILES string of the molecule is CC(C)N(Cc1ccccc1)C(=O)Nc1cccc(C(F)(F)F)c1. The molecule has 3 nitrogen and oxygen atoms in total. The average molecular weight is 336 g/mol. The maximum Gasteiger partial charge on any atom is 0.416 e. The van der Waals surface area contributed by atoms with Gasteiger partial charge >= 0.3 is 12.2 Å². The molecule has 24 heavy (non-hydrogen) atoms. The molecular formula is C18H19F3N2O. The summed E-state index contributed by atoms with van der Waals surface area (Å²) in [6.07, 6.45) is -4.44. The van der Waals surface area contributed by atoms with Crippen molar-refractivity contribution >= 4 is 11.7 Å². The maximum absolute atomic E-state index is 12.8. The monoisotopic (exact) mass is 336 g/mol. The number of nitrogens with one attached hydrogen (secondary N) is 1. The van der Waals surface area contributed by atoms with Gasteiger partial charge in [0, 0.05) is 18.3 Å². The van der Waals surface area contributed by atoms with E-state index in [1.54, 1.807) is 4.90 Å². The second-order valence-electron chi connectivity index (χ2n) is 5.72. The summed E-state index contributed by atoms with van der Waals surface area (Å²) in [6.45, 7) is 4.09. The zero-order chi connectivity index (χ0) is 17.7. The lowest BCUT2D eigenvalue weighted by atomic mass is 10.2. The first kappa shape index (κ1) is 17.8. The second kappa shape index (κ2) is 7.38. The van der Waals surface area contributed by atoms with E-state index in [0.717, 1.165) is 17.7 Å². The summed E-state index contributed by atoms with van der Waals surface area (Å²) in [7, 11) is 0. The van der Waals surface area contributed by atoms with E-state index in [2.05, 4.69) is 5.32 Å². The van der Waals surface area contributed by atoms with Crippen molar-refractivity contribution in [2.45, 2.75) is 32.6 Å². The van der Waals surface area contributed by atoms with Crippen molar-refractivity contribution < 1.29 is 18.0 Å². The van der Waals surface area contributed by atoms with Gasteiger partial charge < -0.3 is 10.2 Å². The lowest BCUT2D eigenvalue weighted by molar-refractivity contribution is -0.137. The van der Waals surface area contributed by atoms with Gasteiger partial charge in [-0.1, -0.05) is 36.4 Å². The standard InChI is InChI=1S/C18H19F3N2O/c1-13(2)23(12-14-7-4-3-5-8-14)17(24)22-16-10-6-9-15(11-16)18(19,20)21/h3-11,13H,12H2,1-2H3,(H,22,24). The predicted molar refractivity (Wildman–Crippen MR) is 87.6 cm³/mol. The lowest BCUT2D eigenvalue weighted by Gasteiger charge is -2.27. The fourth-order valence-corrected chi connectivity index (χ4v) is 2.24. The molecule has 0 aromatic heterocycles. The van der Waals surface area contributed by atoms with Crippen LogP contribution >= 0.6 is 0 Å². The minimum Gasteiger partial charge on any atom is -0.318 e. The van der Waals surface area contributed by atoms with Crippen LogP contribution in [0.1, 0.15) is 25.0 Å². The van der Waals surface area contributed by atoms with Crippen molar-refractivity contribution in [1.82, 2.24) is 4.90 Å². The van der Waals surface area contributed by atoms with Crippen LogP contribution < -0.4 is 5.32 Å². The number of benzene rings is 2. The van der Waals surface area contributed by atoms with Gasteiger partial charge in [-0.05, 0) is 37.6 Å². The number of hydrogen-bond donors (Lipinski definition) is 1. The average Bonchev–Trinajstić information content (AvgIpc) is 2.52. The van der Waals surface area contributed by atoms with Crippen LogP contribution in [0, 0.1) is 0 Å². The Hall–Kier alpha value is -2.50. The van der Waals surface area contributed by atoms with Crippen LogP contribution in [0.4, 0.5) is 23.7 Å². The number of halogens is 3. The summed E-state index contributed by atoms with van der Waals surface area (Å²) in [5.74, 6) is 0. The molecule has 0 aliphatic carbocycles. The molecule has 0 radical (unpaired) electrons. The Kier molecular flexibility index (Phi) is 5.49. The molecule has 0 saturated carbocycles. The van der Waals surface area contributed by atoms with Crippen molar-refractivity contribution in [1.29, 1.82) is 0 Å². The fraction of sp³-hybridized carbons (Fsp3) is 0.278. The van der Waals surface area contributed by atoms with E-state index in [4.69, 9.17) is 0 Å². The molecule has 0 aliphatic rings. The Morgan fingerprint density at radius 1 is 1.08 bits per heavy atom. The zero-order valence-electron chi connectivity index (χ0n) is 13.5. The fourth-order valence-electron chi connectivity index (χ4n) is 2.24. The van der Waals surface area contributed by atoms with Gasteiger partial charge in [-0.2, -0.15) is 13.2 Å². The third kappa shape index (κ3) is 4.75. The predicted octanol–water partition coefficient (Wildman–Crippen LogP) is 5.15. The summed E-state index contributed by atoms with van der Waals surface area (Å²) in [5.41, 5.74) is 0.276. The molecule has 2 aromatic rings. The van der Waals surface area contributed by atoms with Crippen LogP contribution in [-0.2, 0) is 12.7 Å². The zero-order valence-corrected chi connectivity index (χ0v) is 13.5. The van der Waals surface area contributed by atoms with Gasteiger partial charge in [-0.25, -0.2) is 4.79 Å². The summed E-state index contributed by atoms with van der Waals surface area (Å²) in [5, 5.41) is 2.54. The molecule has 0 unspecified atom stereocenters. The van der Waals surface area contributed by atoms with E-state index in [1.807, 2.05) is 44.2 Å². The van der Waals surface area contributed by atoms with Crippen molar-refractivity contribution in [2.24, 2.45) is 0 Å². The van der Waals surface area contributed by atoms with Gasteiger partial charge in [0.25, 0.3) is 0 Å². The molecule has 2 aromatic carbocycles. The van der Waals surface area contributed by atoms with E-state index in [9.17, 15) is 18.0 Å². The molecular weight excluding hydrogens is 317 g/mol. The Morgan fingerprint density at radius 2 is 1.75 bits per heavy atom. The van der Waals surface area contributed by atoms with Crippen molar-refractivity contribution in [3.05, 3.63) is 65.7 Å². The molecule has 0 saturated heterocycles. The third-order valence-electron chi connectivity index (χ3n) is 3.52. The Morgan fingerprint density at radius 3 is 2.33 bits per heavy atom. The molecule has 2 rings (SSSR count). The number of amides is 2. The number of anilines is 1. The van der Waals surface area contributed by atoms with Gasteiger partial charge in [0.05, 0.1) is 5.56 Å². The minimum atomic E-state index is -4.44. The van der Waals surface area contributed by atoms with Crippen LogP contribution in [0.15, 0.2) is 54.6 Å². The highest BCUT2D eigenvalue weighted by atomic mass is 19.4. The Bertz CT molecular complexity index is 684. The number of alkyl halides is 3. The first-order valence-corrected chi connectivity index (χ1v) is 7.56. The van der Waals surface area contributed by atoms with Crippen molar-refractivity contribution in [3.8, 4) is 0 Å². The highest BCUT2D eigenvalue weighted by molar-refractivity contribution is 5.89. The lowest BCUT2D eigenvalue weighted by Crippen LogP contribution is -2.39. The van der Waals surface area contributed by atoms with Gasteiger partial charge in [-0.3, -0.25) is 0 Å². The first-order chi connectivity index (χ1) is 11.3. The molecule has 0 spiro atoms. The van der Waals surface area contributed by atoms with Crippen molar-refractivity contribution in [3.63, 3.8) is 0 Å². The molecule has 1 N–H and O–H groups in total. The maximum atomic E-state index is 12.8. The van der Waals surface area contributed by atoms with E-state index in [0.29, 0.717) is 6.54 Å². The first-order valence-electron chi connectivity index (χ1n) is 7.56. The van der Waals surface area contributed by atoms with E-state index >= 15 is 0 Å². The van der Waals surface area contributed by atoms with Crippen LogP contribution in [0.5, 0.6) is 0 Å². The Labute approximate surface area is 139 Å². The van der Waals surface area contributed by atoms with E-state index in [-0.39, 0.29) is 11.7 Å². The molecule has 0 bridgehead atoms. The Balaban J connectivity index is 2.14. The third-order valence-corrected chi connectivity index (χ3v) is 3.52. The summed E-state index contributed by atoms with van der Waals surface area (Å²) in [6, 6.07) is 13.5. The molecule has 6 heteroatoms. The van der Waals surface area contributed by atoms with Crippen LogP contribution in [0.2, 0.25) is 0 Å². The van der Waals surface area contributed by atoms with Crippen LogP contribution in [-0.4, -0.2) is 17.0 Å². The quantitative estimate of drug-likeness (QED) is 0.823. The highest BCUT2D eigenvalue weighted by Gasteiger charge is 2.30. The van der Waals surface area contributed by atoms with Crippen LogP contribution in [0.25, 0.3) is 0 Å². The molecule has 0 aliphatic heterocycles. The number of urea groups is 1. The summed E-state index contributed by atoms with van der Waals surface area (Å²) >= 11 is 0. The number of carbonyl (C=O) groups is 1. The molecule has 0 atom stereocenters. The summed E-state index contributed by atoms with van der Waals surface area (Å²) in [4.78, 5) is 14.0. The van der Waals surface area contributed by atoms with Crippen molar-refractivity contribution in [2.75, 3.05) is 5.32 Å². The highest BCUT2D eigenvalue weighted by Crippen LogP contribution is 2.30. The van der Waals surface area contributed by atoms with E-state index < -0.39 is 17.8 Å².